The van der Waals surface area contributed by atoms with Crippen LogP contribution in [0.25, 0.3) is 20.9 Å². The van der Waals surface area contributed by atoms with Crippen LogP contribution in [0.4, 0.5) is 16.3 Å². The minimum Gasteiger partial charge on any atom is -0.457 e. The van der Waals surface area contributed by atoms with Crippen LogP contribution in [0.5, 0.6) is 11.5 Å². The minimum absolute atomic E-state index is 0.130. The van der Waals surface area contributed by atoms with Crippen LogP contribution in [-0.2, 0) is 5.41 Å². The zero-order chi connectivity index (χ0) is 31.7. The van der Waals surface area contributed by atoms with E-state index in [1.165, 1.54) is 11.3 Å². The molecule has 45 heavy (non-hydrogen) atoms. The Morgan fingerprint density at radius 1 is 0.956 bits per heavy atom. The zero-order valence-corrected chi connectivity index (χ0v) is 26.1. The Hall–Kier alpha value is -5.20. The number of imidazole rings is 1. The second kappa shape index (κ2) is 12.1. The molecule has 0 atom stereocenters. The van der Waals surface area contributed by atoms with E-state index in [-0.39, 0.29) is 30.5 Å². The summed E-state index contributed by atoms with van der Waals surface area (Å²) in [6, 6.07) is 22.3. The van der Waals surface area contributed by atoms with Crippen LogP contribution < -0.4 is 20.7 Å². The standard InChI is InChI=1S/C33H33N7O4S/c1-20-5-9-22(10-6-20)40-29(18-28(38-40)33(2,3)4)37-31(43)35-21-7-11-23(12-8-21)44-24-13-14-26-27(17-24)45-32-36-25(19-39(26)32)30(42)34-15-16-41/h5-14,17-19,41H,15-16H2,1-4H3,(H,34,42)(H2,35,37,43). The Morgan fingerprint density at radius 3 is 2.40 bits per heavy atom. The maximum absolute atomic E-state index is 13.0. The van der Waals surface area contributed by atoms with E-state index in [1.807, 2.05) is 59.9 Å². The fourth-order valence-electron chi connectivity index (χ4n) is 4.65. The van der Waals surface area contributed by atoms with Crippen molar-refractivity contribution in [2.24, 2.45) is 0 Å². The highest BCUT2D eigenvalue weighted by Crippen LogP contribution is 2.32. The minimum atomic E-state index is -0.389. The topological polar surface area (TPSA) is 135 Å². The summed E-state index contributed by atoms with van der Waals surface area (Å²) in [5, 5.41) is 22.1. The molecule has 3 aromatic carbocycles. The molecule has 0 unspecified atom stereocenters. The molecule has 0 aliphatic heterocycles. The number of benzene rings is 3. The third-order valence-electron chi connectivity index (χ3n) is 7.04. The highest BCUT2D eigenvalue weighted by atomic mass is 32.1. The van der Waals surface area contributed by atoms with Crippen LogP contribution in [0.2, 0.25) is 0 Å². The molecule has 0 radical (unpaired) electrons. The summed E-state index contributed by atoms with van der Waals surface area (Å²) in [6.07, 6.45) is 1.68. The lowest BCUT2D eigenvalue weighted by Crippen LogP contribution is -2.26. The van der Waals surface area contributed by atoms with Crippen LogP contribution in [0.3, 0.4) is 0 Å². The van der Waals surface area contributed by atoms with Crippen molar-refractivity contribution in [2.75, 3.05) is 23.8 Å². The average Bonchev–Trinajstić information content (AvgIpc) is 3.70. The van der Waals surface area contributed by atoms with Crippen molar-refractivity contribution in [1.82, 2.24) is 24.5 Å². The van der Waals surface area contributed by atoms with Gasteiger partial charge in [-0.15, -0.1) is 0 Å². The van der Waals surface area contributed by atoms with E-state index in [1.54, 1.807) is 35.1 Å². The largest absolute Gasteiger partial charge is 0.457 e. The second-order valence-electron chi connectivity index (χ2n) is 11.6. The van der Waals surface area contributed by atoms with E-state index in [9.17, 15) is 9.59 Å². The fraction of sp³-hybridized carbons (Fsp3) is 0.212. The Bertz CT molecular complexity index is 2000. The van der Waals surface area contributed by atoms with Crippen LogP contribution in [0, 0.1) is 6.92 Å². The molecule has 230 valence electrons. The summed E-state index contributed by atoms with van der Waals surface area (Å²) in [5.74, 6) is 1.49. The zero-order valence-electron chi connectivity index (χ0n) is 25.3. The van der Waals surface area contributed by atoms with Crippen LogP contribution in [-0.4, -0.2) is 49.4 Å². The van der Waals surface area contributed by atoms with Crippen LogP contribution >= 0.6 is 11.3 Å². The van der Waals surface area contributed by atoms with Gasteiger partial charge in [-0.3, -0.25) is 14.5 Å². The van der Waals surface area contributed by atoms with Crippen molar-refractivity contribution in [3.63, 3.8) is 0 Å². The molecular weight excluding hydrogens is 590 g/mol. The Morgan fingerprint density at radius 2 is 1.69 bits per heavy atom. The van der Waals surface area contributed by atoms with Gasteiger partial charge in [0.1, 0.15) is 23.0 Å². The number of hydrogen-bond donors (Lipinski definition) is 4. The highest BCUT2D eigenvalue weighted by Gasteiger charge is 2.22. The molecule has 0 bridgehead atoms. The maximum atomic E-state index is 13.0. The molecule has 0 fully saturated rings. The lowest BCUT2D eigenvalue weighted by atomic mass is 9.92. The molecule has 0 aliphatic rings. The number of nitrogens with one attached hydrogen (secondary N) is 3. The molecule has 4 N–H and O–H groups in total. The van der Waals surface area contributed by atoms with Gasteiger partial charge in [-0.1, -0.05) is 49.8 Å². The number of fused-ring (bicyclic) bond motifs is 3. The number of ether oxygens (including phenoxy) is 1. The quantitative estimate of drug-likeness (QED) is 0.153. The summed E-state index contributed by atoms with van der Waals surface area (Å²) in [7, 11) is 0. The van der Waals surface area contributed by atoms with Gasteiger partial charge in [0.2, 0.25) is 0 Å². The summed E-state index contributed by atoms with van der Waals surface area (Å²) in [4.78, 5) is 30.3. The predicted molar refractivity (Wildman–Crippen MR) is 176 cm³/mol. The van der Waals surface area contributed by atoms with E-state index in [0.29, 0.717) is 33.7 Å². The van der Waals surface area contributed by atoms with E-state index in [4.69, 9.17) is 14.9 Å². The fourth-order valence-corrected chi connectivity index (χ4v) is 5.69. The third kappa shape index (κ3) is 6.52. The van der Waals surface area contributed by atoms with Gasteiger partial charge in [0.15, 0.2) is 4.96 Å². The second-order valence-corrected chi connectivity index (χ2v) is 12.6. The van der Waals surface area contributed by atoms with Crippen LogP contribution in [0.15, 0.2) is 79.0 Å². The number of nitrogens with zero attached hydrogens (tertiary/aromatic N) is 4. The molecule has 3 aromatic heterocycles. The van der Waals surface area contributed by atoms with Gasteiger partial charge in [-0.25, -0.2) is 14.5 Å². The molecule has 3 heterocycles. The molecule has 0 spiro atoms. The molecule has 6 rings (SSSR count). The first-order chi connectivity index (χ1) is 21.6. The number of carbonyl (C=O) groups is 2. The monoisotopic (exact) mass is 623 g/mol. The molecule has 11 nitrogen and oxygen atoms in total. The smallest absolute Gasteiger partial charge is 0.324 e. The summed E-state index contributed by atoms with van der Waals surface area (Å²) in [5.41, 5.74) is 4.47. The first-order valence-corrected chi connectivity index (χ1v) is 15.2. The van der Waals surface area contributed by atoms with Crippen molar-refractivity contribution in [2.45, 2.75) is 33.1 Å². The van der Waals surface area contributed by atoms with Gasteiger partial charge in [-0.05, 0) is 55.5 Å². The first kappa shape index (κ1) is 29.9. The Balaban J connectivity index is 1.12. The number of amides is 3. The lowest BCUT2D eigenvalue weighted by molar-refractivity contribution is 0.0940. The Kier molecular flexibility index (Phi) is 8.00. The SMILES string of the molecule is Cc1ccc(-n2nc(C(C)(C)C)cc2NC(=O)Nc2ccc(Oc3ccc4c(c3)sc3nc(C(=O)NCCO)cn34)cc2)cc1. The number of aliphatic hydroxyl groups is 1. The Labute approximate surface area is 263 Å². The molecular formula is C33H33N7O4S. The molecule has 3 amide bonds. The molecule has 0 aliphatic carbocycles. The van der Waals surface area contributed by atoms with Crippen molar-refractivity contribution in [3.05, 3.63) is 95.9 Å². The highest BCUT2D eigenvalue weighted by molar-refractivity contribution is 7.23. The number of aliphatic hydroxyl groups excluding tert-OH is 1. The van der Waals surface area contributed by atoms with Gasteiger partial charge in [-0.2, -0.15) is 5.10 Å². The lowest BCUT2D eigenvalue weighted by Gasteiger charge is -2.14. The van der Waals surface area contributed by atoms with Crippen LogP contribution in [0.1, 0.15) is 42.5 Å². The number of anilines is 2. The van der Waals surface area contributed by atoms with Gasteiger partial charge < -0.3 is 20.5 Å². The summed E-state index contributed by atoms with van der Waals surface area (Å²) < 4.78 is 10.6. The van der Waals surface area contributed by atoms with Crippen molar-refractivity contribution >= 4 is 50.0 Å². The third-order valence-corrected chi connectivity index (χ3v) is 8.06. The number of thiazole rings is 1. The normalized spacial score (nSPS) is 11.6. The predicted octanol–water partition coefficient (Wildman–Crippen LogP) is 6.50. The van der Waals surface area contributed by atoms with Gasteiger partial charge >= 0.3 is 6.03 Å². The van der Waals surface area contributed by atoms with Gasteiger partial charge in [0.25, 0.3) is 5.91 Å². The molecule has 0 saturated heterocycles. The number of rotatable bonds is 8. The summed E-state index contributed by atoms with van der Waals surface area (Å²) in [6.45, 7) is 8.32. The number of hydrogen-bond acceptors (Lipinski definition) is 7. The molecule has 6 aromatic rings. The van der Waals surface area contributed by atoms with E-state index < -0.39 is 0 Å². The van der Waals surface area contributed by atoms with E-state index in [2.05, 4.69) is 41.7 Å². The van der Waals surface area contributed by atoms with Gasteiger partial charge in [0, 0.05) is 36.0 Å². The van der Waals surface area contributed by atoms with E-state index in [0.717, 1.165) is 27.2 Å². The number of aryl methyl sites for hydroxylation is 1. The van der Waals surface area contributed by atoms with Crippen molar-refractivity contribution < 1.29 is 19.4 Å². The first-order valence-electron chi connectivity index (χ1n) is 14.4. The van der Waals surface area contributed by atoms with E-state index >= 15 is 0 Å². The number of urea groups is 1. The van der Waals surface area contributed by atoms with Gasteiger partial charge in [0.05, 0.1) is 28.2 Å². The maximum Gasteiger partial charge on any atom is 0.324 e. The average molecular weight is 624 g/mol. The summed E-state index contributed by atoms with van der Waals surface area (Å²) >= 11 is 1.44. The molecule has 0 saturated carbocycles. The molecule has 12 heteroatoms. The van der Waals surface area contributed by atoms with Crippen molar-refractivity contribution in [3.8, 4) is 17.2 Å². The number of carbonyl (C=O) groups excluding carboxylic acids is 2. The number of aromatic nitrogens is 4. The van der Waals surface area contributed by atoms with Crippen molar-refractivity contribution in [1.29, 1.82) is 0 Å².